The van der Waals surface area contributed by atoms with E-state index in [1.165, 1.54) is 12.1 Å². The highest BCUT2D eigenvalue weighted by Gasteiger charge is 2.29. The number of nitrogens with zero attached hydrogens (tertiary/aromatic N) is 1. The van der Waals surface area contributed by atoms with Crippen LogP contribution >= 0.6 is 11.6 Å². The van der Waals surface area contributed by atoms with Gasteiger partial charge in [0.2, 0.25) is 0 Å². The number of halogens is 4. The van der Waals surface area contributed by atoms with E-state index in [-0.39, 0.29) is 0 Å². The molecular formula is C18H11ClF3N. The molecule has 0 N–H and O–H groups in total. The van der Waals surface area contributed by atoms with Crippen LogP contribution in [0.5, 0.6) is 0 Å². The second-order valence-electron chi connectivity index (χ2n) is 5.03. The highest BCUT2D eigenvalue weighted by Crippen LogP contribution is 2.29. The van der Waals surface area contributed by atoms with Crippen LogP contribution < -0.4 is 0 Å². The van der Waals surface area contributed by atoms with Crippen LogP contribution in [0.25, 0.3) is 23.1 Å². The lowest BCUT2D eigenvalue weighted by Crippen LogP contribution is -2.03. The highest BCUT2D eigenvalue weighted by atomic mass is 35.5. The first-order valence-electron chi connectivity index (χ1n) is 6.83. The number of benzene rings is 2. The van der Waals surface area contributed by atoms with E-state index < -0.39 is 11.7 Å². The molecule has 0 atom stereocenters. The van der Waals surface area contributed by atoms with E-state index >= 15 is 0 Å². The molecule has 0 fully saturated rings. The molecule has 2 aromatic carbocycles. The van der Waals surface area contributed by atoms with Crippen LogP contribution in [0.3, 0.4) is 0 Å². The molecule has 0 saturated heterocycles. The maximum Gasteiger partial charge on any atom is 0.416 e. The van der Waals surface area contributed by atoms with Gasteiger partial charge in [0.15, 0.2) is 0 Å². The van der Waals surface area contributed by atoms with Gasteiger partial charge in [-0.3, -0.25) is 0 Å². The van der Waals surface area contributed by atoms with E-state index in [2.05, 4.69) is 4.98 Å². The fourth-order valence-corrected chi connectivity index (χ4v) is 2.33. The summed E-state index contributed by atoms with van der Waals surface area (Å²) in [5.41, 5.74) is 1.49. The van der Waals surface area contributed by atoms with Gasteiger partial charge in [-0.1, -0.05) is 41.9 Å². The minimum atomic E-state index is -4.32. The van der Waals surface area contributed by atoms with Crippen LogP contribution in [0, 0.1) is 0 Å². The van der Waals surface area contributed by atoms with E-state index in [0.29, 0.717) is 16.3 Å². The molecule has 0 saturated carbocycles. The molecule has 0 bridgehead atoms. The van der Waals surface area contributed by atoms with Crippen molar-refractivity contribution in [3.05, 3.63) is 76.4 Å². The van der Waals surface area contributed by atoms with Crippen molar-refractivity contribution in [3.63, 3.8) is 0 Å². The van der Waals surface area contributed by atoms with Gasteiger partial charge in [-0.15, -0.1) is 0 Å². The van der Waals surface area contributed by atoms with Crippen molar-refractivity contribution in [1.29, 1.82) is 0 Å². The molecule has 1 aromatic heterocycles. The third-order valence-electron chi connectivity index (χ3n) is 3.36. The zero-order valence-corrected chi connectivity index (χ0v) is 12.6. The summed E-state index contributed by atoms with van der Waals surface area (Å²) in [5.74, 6) is 0. The van der Waals surface area contributed by atoms with Gasteiger partial charge in [0.25, 0.3) is 0 Å². The number of fused-ring (bicyclic) bond motifs is 1. The van der Waals surface area contributed by atoms with Gasteiger partial charge < -0.3 is 0 Å². The van der Waals surface area contributed by atoms with Crippen molar-refractivity contribution < 1.29 is 13.2 Å². The zero-order chi connectivity index (χ0) is 16.4. The summed E-state index contributed by atoms with van der Waals surface area (Å²) in [5, 5.41) is 1.58. The Morgan fingerprint density at radius 1 is 0.870 bits per heavy atom. The maximum atomic E-state index is 12.5. The van der Waals surface area contributed by atoms with Crippen LogP contribution in [0.2, 0.25) is 5.02 Å². The molecule has 1 nitrogen and oxygen atoms in total. The van der Waals surface area contributed by atoms with Crippen molar-refractivity contribution >= 4 is 34.7 Å². The molecule has 3 rings (SSSR count). The normalized spacial score (nSPS) is 12.2. The fourth-order valence-electron chi connectivity index (χ4n) is 2.16. The van der Waals surface area contributed by atoms with Crippen molar-refractivity contribution in [2.75, 3.05) is 0 Å². The Morgan fingerprint density at radius 3 is 2.26 bits per heavy atom. The number of rotatable bonds is 2. The Labute approximate surface area is 136 Å². The number of hydrogen-bond acceptors (Lipinski definition) is 1. The monoisotopic (exact) mass is 333 g/mol. The topological polar surface area (TPSA) is 12.9 Å². The molecule has 0 spiro atoms. The summed E-state index contributed by atoms with van der Waals surface area (Å²) in [6.45, 7) is 0. The predicted molar refractivity (Wildman–Crippen MR) is 87.1 cm³/mol. The van der Waals surface area contributed by atoms with Gasteiger partial charge in [-0.25, -0.2) is 4.98 Å². The summed E-state index contributed by atoms with van der Waals surface area (Å²) in [4.78, 5) is 4.46. The van der Waals surface area contributed by atoms with E-state index in [1.807, 2.05) is 18.2 Å². The van der Waals surface area contributed by atoms with Gasteiger partial charge in [0.1, 0.15) is 0 Å². The summed E-state index contributed by atoms with van der Waals surface area (Å²) in [6.07, 6.45) is -0.844. The summed E-state index contributed by atoms with van der Waals surface area (Å²) in [6, 6.07) is 14.2. The Bertz CT molecular complexity index is 868. The Kier molecular flexibility index (Phi) is 4.09. The molecule has 0 unspecified atom stereocenters. The largest absolute Gasteiger partial charge is 0.416 e. The molecule has 0 aliphatic rings. The summed E-state index contributed by atoms with van der Waals surface area (Å²) >= 11 is 5.95. The minimum Gasteiger partial charge on any atom is -0.248 e. The molecule has 0 amide bonds. The van der Waals surface area contributed by atoms with Gasteiger partial charge in [-0.05, 0) is 42.0 Å². The van der Waals surface area contributed by atoms with Gasteiger partial charge in [-0.2, -0.15) is 13.2 Å². The first-order valence-corrected chi connectivity index (χ1v) is 7.21. The van der Waals surface area contributed by atoms with Crippen LogP contribution in [0.15, 0.2) is 54.6 Å². The van der Waals surface area contributed by atoms with Gasteiger partial charge in [0, 0.05) is 10.4 Å². The number of hydrogen-bond donors (Lipinski definition) is 0. The van der Waals surface area contributed by atoms with Crippen molar-refractivity contribution in [2.24, 2.45) is 0 Å². The van der Waals surface area contributed by atoms with Crippen molar-refractivity contribution in [1.82, 2.24) is 4.98 Å². The third kappa shape index (κ3) is 3.71. The minimum absolute atomic E-state index is 0.605. The van der Waals surface area contributed by atoms with E-state index in [4.69, 9.17) is 11.6 Å². The van der Waals surface area contributed by atoms with Crippen molar-refractivity contribution in [3.8, 4) is 0 Å². The zero-order valence-electron chi connectivity index (χ0n) is 11.8. The maximum absolute atomic E-state index is 12.5. The SMILES string of the molecule is FC(F)(F)c1ccc(/C=C/c2ccc3ccc(Cl)cc3n2)cc1. The average Bonchev–Trinajstić information content (AvgIpc) is 2.52. The average molecular weight is 334 g/mol. The van der Waals surface area contributed by atoms with E-state index in [9.17, 15) is 13.2 Å². The van der Waals surface area contributed by atoms with Crippen LogP contribution in [0.1, 0.15) is 16.8 Å². The quantitative estimate of drug-likeness (QED) is 0.554. The lowest BCUT2D eigenvalue weighted by molar-refractivity contribution is -0.137. The first kappa shape index (κ1) is 15.6. The second kappa shape index (κ2) is 6.05. The standard InChI is InChI=1S/C18H11ClF3N/c19-15-8-4-13-5-10-16(23-17(13)11-15)9-3-12-1-6-14(7-2-12)18(20,21)22/h1-11H/b9-3+. The third-order valence-corrected chi connectivity index (χ3v) is 3.60. The Morgan fingerprint density at radius 2 is 1.57 bits per heavy atom. The summed E-state index contributed by atoms with van der Waals surface area (Å²) in [7, 11) is 0. The van der Waals surface area contributed by atoms with E-state index in [1.54, 1.807) is 24.3 Å². The predicted octanol–water partition coefficient (Wildman–Crippen LogP) is 6.08. The lowest BCUT2D eigenvalue weighted by Gasteiger charge is -2.05. The molecule has 0 aliphatic carbocycles. The lowest BCUT2D eigenvalue weighted by atomic mass is 10.1. The molecule has 23 heavy (non-hydrogen) atoms. The molecule has 0 radical (unpaired) electrons. The summed E-state index contributed by atoms with van der Waals surface area (Å²) < 4.78 is 37.5. The first-order chi connectivity index (χ1) is 10.9. The smallest absolute Gasteiger partial charge is 0.248 e. The second-order valence-corrected chi connectivity index (χ2v) is 5.46. The number of pyridine rings is 1. The Balaban J connectivity index is 1.85. The molecule has 0 aliphatic heterocycles. The van der Waals surface area contributed by atoms with E-state index in [0.717, 1.165) is 23.0 Å². The van der Waals surface area contributed by atoms with Crippen LogP contribution in [-0.4, -0.2) is 4.98 Å². The molecular weight excluding hydrogens is 323 g/mol. The molecule has 116 valence electrons. The number of alkyl halides is 3. The number of aromatic nitrogens is 1. The van der Waals surface area contributed by atoms with Gasteiger partial charge >= 0.3 is 6.18 Å². The fraction of sp³-hybridized carbons (Fsp3) is 0.0556. The van der Waals surface area contributed by atoms with Crippen LogP contribution in [0.4, 0.5) is 13.2 Å². The molecule has 1 heterocycles. The van der Waals surface area contributed by atoms with Crippen LogP contribution in [-0.2, 0) is 6.18 Å². The van der Waals surface area contributed by atoms with Crippen molar-refractivity contribution in [2.45, 2.75) is 6.18 Å². The highest BCUT2D eigenvalue weighted by molar-refractivity contribution is 6.31. The molecule has 3 aromatic rings. The van der Waals surface area contributed by atoms with Gasteiger partial charge in [0.05, 0.1) is 16.8 Å². The molecule has 5 heteroatoms. The Hall–Kier alpha value is -2.33.